The number of carbonyl (C=O) groups excluding carboxylic acids is 1. The van der Waals surface area contributed by atoms with Crippen molar-refractivity contribution in [2.24, 2.45) is 0 Å². The number of nitrogens with zero attached hydrogens (tertiary/aromatic N) is 8. The first-order chi connectivity index (χ1) is 51.5. The Kier molecular flexibility index (Phi) is 32.6. The van der Waals surface area contributed by atoms with Crippen LogP contribution >= 0.6 is 0 Å². The summed E-state index contributed by atoms with van der Waals surface area (Å²) in [7, 11) is -3.51. The second-order valence-electron chi connectivity index (χ2n) is 28.4. The fourth-order valence-electron chi connectivity index (χ4n) is 14.2. The fraction of sp³-hybridized carbons (Fsp3) is 0.365. The summed E-state index contributed by atoms with van der Waals surface area (Å²) in [5.74, 6) is 1.80. The van der Waals surface area contributed by atoms with Crippen LogP contribution in [-0.2, 0) is 114 Å². The Bertz CT molecular complexity index is 4510. The van der Waals surface area contributed by atoms with Gasteiger partial charge in [0, 0.05) is 143 Å². The van der Waals surface area contributed by atoms with E-state index >= 15 is 0 Å². The Hall–Kier alpha value is -8.27. The first-order valence-corrected chi connectivity index (χ1v) is 39.9. The smallest absolute Gasteiger partial charge is 0.748 e. The summed E-state index contributed by atoms with van der Waals surface area (Å²) in [6.07, 6.45) is 21.4. The maximum Gasteiger partial charge on any atom is 2.00 e. The molecule has 2 N–H and O–H groups in total. The Balaban J connectivity index is 0.000000309. The van der Waals surface area contributed by atoms with E-state index in [2.05, 4.69) is 146 Å². The predicted molar refractivity (Wildman–Crippen MR) is 419 cm³/mol. The minimum Gasteiger partial charge on any atom is -0.748 e. The van der Waals surface area contributed by atoms with Crippen LogP contribution in [0.3, 0.4) is 0 Å². The van der Waals surface area contributed by atoms with Crippen LogP contribution in [0.2, 0.25) is 0 Å². The number of carbonyl (C=O) groups is 1. The number of nitrogens with one attached hydrogen (secondary N) is 1. The van der Waals surface area contributed by atoms with Gasteiger partial charge in [0.2, 0.25) is 5.69 Å². The molecule has 109 heavy (non-hydrogen) atoms. The number of unbranched alkanes of at least 4 members (excludes halogenated alkanes) is 3. The zero-order chi connectivity index (χ0) is 76.0. The predicted octanol–water partition coefficient (Wildman–Crippen LogP) is 14.9. The molecule has 1 amide bonds. The molecule has 8 aromatic rings. The number of amides is 1. The molecular formula is C85H101N9O11S2Zn2+4. The normalized spacial score (nSPS) is 15.2. The zero-order valence-electron chi connectivity index (χ0n) is 64.2. The average Bonchev–Trinajstić information content (AvgIpc) is 1.60. The molecule has 0 saturated heterocycles. The summed E-state index contributed by atoms with van der Waals surface area (Å²) in [5.41, 5.74) is 15.7. The van der Waals surface area contributed by atoms with Gasteiger partial charge in [0.15, 0.2) is 5.71 Å². The van der Waals surface area contributed by atoms with Crippen molar-refractivity contribution < 1.29 is 93.2 Å². The summed E-state index contributed by atoms with van der Waals surface area (Å²) in [5, 5.41) is 2.98. The fourth-order valence-corrected chi connectivity index (χ4v) is 15.3. The van der Waals surface area contributed by atoms with Gasteiger partial charge in [-0.25, -0.2) is 8.42 Å². The van der Waals surface area contributed by atoms with Crippen LogP contribution in [0.4, 0.5) is 11.4 Å². The quantitative estimate of drug-likeness (QED) is 0.0162. The molecule has 1 aliphatic carbocycles. The maximum atomic E-state index is 13.0. The van der Waals surface area contributed by atoms with Gasteiger partial charge in [0.25, 0.3) is 16.0 Å². The number of benzene rings is 4. The number of hydrogen-bond donors (Lipinski definition) is 2. The summed E-state index contributed by atoms with van der Waals surface area (Å²) in [4.78, 5) is 38.3. The molecule has 4 aromatic heterocycles. The Morgan fingerprint density at radius 1 is 0.606 bits per heavy atom. The topological polar surface area (TPSA) is 242 Å². The molecular weight excluding hydrogens is 1520 g/mol. The third-order valence-corrected chi connectivity index (χ3v) is 21.1. The van der Waals surface area contributed by atoms with E-state index in [9.17, 15) is 30.7 Å². The van der Waals surface area contributed by atoms with E-state index in [1.165, 1.54) is 16.7 Å². The monoisotopic (exact) mass is 1620 g/mol. The van der Waals surface area contributed by atoms with Crippen molar-refractivity contribution >= 4 is 43.2 Å². The van der Waals surface area contributed by atoms with Crippen molar-refractivity contribution in [2.45, 2.75) is 143 Å². The molecule has 0 fully saturated rings. The van der Waals surface area contributed by atoms with Crippen LogP contribution in [0.15, 0.2) is 223 Å². The molecule has 4 aromatic carbocycles. The Morgan fingerprint density at radius 3 is 1.67 bits per heavy atom. The second-order valence-corrected chi connectivity index (χ2v) is 31.5. The van der Waals surface area contributed by atoms with Crippen molar-refractivity contribution in [3.8, 4) is 17.2 Å². The van der Waals surface area contributed by atoms with E-state index in [1.807, 2.05) is 110 Å². The number of ether oxygens (including phenoxy) is 4. The van der Waals surface area contributed by atoms with Gasteiger partial charge in [-0.3, -0.25) is 39.1 Å². The first kappa shape index (κ1) is 86.3. The number of rotatable bonds is 35. The molecule has 0 radical (unpaired) electrons. The van der Waals surface area contributed by atoms with Crippen LogP contribution in [0.5, 0.6) is 17.2 Å². The van der Waals surface area contributed by atoms with Gasteiger partial charge < -0.3 is 33.7 Å². The number of methoxy groups -OCH3 is 3. The molecule has 0 spiro atoms. The van der Waals surface area contributed by atoms with Gasteiger partial charge in [-0.15, -0.1) is 0 Å². The Labute approximate surface area is 669 Å². The third-order valence-electron chi connectivity index (χ3n) is 19.5. The average molecular weight is 1620 g/mol. The maximum absolute atomic E-state index is 13.0. The van der Waals surface area contributed by atoms with Gasteiger partial charge in [0.1, 0.15) is 29.6 Å². The number of anilines is 1. The van der Waals surface area contributed by atoms with Crippen molar-refractivity contribution in [1.82, 2.24) is 35.1 Å². The molecule has 2 aliphatic heterocycles. The van der Waals surface area contributed by atoms with Gasteiger partial charge in [-0.1, -0.05) is 68.0 Å². The van der Waals surface area contributed by atoms with Crippen LogP contribution in [0, 0.1) is 6.92 Å². The number of allylic oxidation sites excluding steroid dienone is 7. The van der Waals surface area contributed by atoms with Gasteiger partial charge in [-0.2, -0.15) is 13.0 Å². The molecule has 564 valence electrons. The van der Waals surface area contributed by atoms with Crippen LogP contribution in [0.1, 0.15) is 146 Å². The number of fused-ring (bicyclic) bond motifs is 2. The number of aryl methyl sites for hydroxylation is 1. The molecule has 11 rings (SSSR count). The minimum atomic E-state index is -4.34. The summed E-state index contributed by atoms with van der Waals surface area (Å²) >= 11 is 0. The van der Waals surface area contributed by atoms with Crippen molar-refractivity contribution in [1.29, 1.82) is 0 Å². The standard InChI is InChI=1S/C52H67N3O11S2.C33H34N6.2Zn/c1-51(2)43-35-41(64-6)23-25-45(43)54(30-9-12-33-67(57,58)59)47(51)27-19-37-15-14-16-38(49(37)66-40-21-17-39(18-22-40)50(56)53-29-8-11-32-63-5)20-28-48-52(3,4)44-36-42(65-7)24-26-46(44)55(48)31-10-13-34-68(60,61)62;1-27-18-28(21-38(23-30-10-2-6-14-34-30)24-31-11-3-7-15-35-31)20-29(19-27)22-39(25-32-12-4-8-16-36-32)26-33-13-5-9-17-37-33;;/h17-28,35-36H,8-16,29-34H2,1-7H3,(H2-,53,56,57,58,59,60,61,62);2-20H,21-26H2,1H3;;/q;;2*+2. The molecule has 6 heterocycles. The van der Waals surface area contributed by atoms with Gasteiger partial charge >= 0.3 is 39.0 Å². The van der Waals surface area contributed by atoms with Crippen molar-refractivity contribution in [2.75, 3.05) is 64.0 Å². The summed E-state index contributed by atoms with van der Waals surface area (Å²) < 4.78 is 92.6. The van der Waals surface area contributed by atoms with Crippen molar-refractivity contribution in [3.63, 3.8) is 0 Å². The van der Waals surface area contributed by atoms with Crippen molar-refractivity contribution in [3.05, 3.63) is 280 Å². The molecule has 0 bridgehead atoms. The van der Waals surface area contributed by atoms with Crippen LogP contribution in [0.25, 0.3) is 0 Å². The van der Waals surface area contributed by atoms with E-state index in [0.717, 1.165) is 151 Å². The number of pyridine rings is 4. The SMILES string of the molecule is COCCCCNC(=O)c1ccc(OC2=C(C=CC3=[N+](CCCCS(=O)(=O)O)c4ccc(OC)cc4C3(C)C)CCCC2=CC=C2N(CCCCS(=O)(=O)[O-])c3ccc(OC)cc3C2(C)C)cc1.Cc1cc(CN(Cc2ccccn2)Cc2ccccn2)cc(CN(Cc2ccccn2)Cc2ccccn2)c1.[Zn+2].[Zn+2]. The van der Waals surface area contributed by atoms with Crippen LogP contribution < -0.4 is 24.4 Å². The molecule has 3 aliphatic rings. The molecule has 20 nitrogen and oxygen atoms in total. The Morgan fingerprint density at radius 2 is 1.15 bits per heavy atom. The molecule has 24 heteroatoms. The first-order valence-electron chi connectivity index (χ1n) is 36.7. The second kappa shape index (κ2) is 41.1. The molecule has 0 unspecified atom stereocenters. The minimum absolute atomic E-state index is 0. The van der Waals surface area contributed by atoms with E-state index in [0.29, 0.717) is 62.6 Å². The van der Waals surface area contributed by atoms with E-state index in [4.69, 9.17) is 18.9 Å². The molecule has 0 atom stereocenters. The van der Waals surface area contributed by atoms with Gasteiger partial charge in [0.05, 0.1) is 58.3 Å². The van der Waals surface area contributed by atoms with Gasteiger partial charge in [-0.05, 0) is 215 Å². The zero-order valence-corrected chi connectivity index (χ0v) is 71.8. The van der Waals surface area contributed by atoms with E-state index < -0.39 is 36.8 Å². The summed E-state index contributed by atoms with van der Waals surface area (Å²) in [6.45, 7) is 17.6. The van der Waals surface area contributed by atoms with E-state index in [1.54, 1.807) is 45.6 Å². The molecule has 0 saturated carbocycles. The van der Waals surface area contributed by atoms with E-state index in [-0.39, 0.29) is 57.0 Å². The largest absolute Gasteiger partial charge is 2.00 e. The third kappa shape index (κ3) is 25.1. The number of aromatic nitrogens is 4. The van der Waals surface area contributed by atoms with Crippen LogP contribution in [-0.4, -0.2) is 131 Å². The number of hydrogen-bond acceptors (Lipinski definition) is 17. The summed E-state index contributed by atoms with van der Waals surface area (Å²) in [6, 6.07) is 50.4.